The SMILES string of the molecule is Cc1cccc2cc(C(NN)c3cccc(Br)c3)oc12. The molecule has 3 aromatic rings. The van der Waals surface area contributed by atoms with Crippen molar-refractivity contribution in [3.8, 4) is 0 Å². The van der Waals surface area contributed by atoms with Gasteiger partial charge in [0.15, 0.2) is 0 Å². The van der Waals surface area contributed by atoms with E-state index in [1.165, 1.54) is 0 Å². The van der Waals surface area contributed by atoms with Crippen molar-refractivity contribution in [2.45, 2.75) is 13.0 Å². The van der Waals surface area contributed by atoms with E-state index in [2.05, 4.69) is 21.4 Å². The molecule has 0 aliphatic rings. The van der Waals surface area contributed by atoms with Crippen LogP contribution in [0.3, 0.4) is 0 Å². The molecule has 0 aliphatic carbocycles. The molecule has 0 aliphatic heterocycles. The lowest BCUT2D eigenvalue weighted by atomic mass is 10.0. The number of furan rings is 1. The topological polar surface area (TPSA) is 51.2 Å². The van der Waals surface area contributed by atoms with Crippen LogP contribution in [0, 0.1) is 6.92 Å². The third-order valence-electron chi connectivity index (χ3n) is 3.39. The number of hydrazine groups is 1. The summed E-state index contributed by atoms with van der Waals surface area (Å²) in [6.45, 7) is 2.04. The predicted octanol–water partition coefficient (Wildman–Crippen LogP) is 4.06. The molecule has 2 aromatic carbocycles. The highest BCUT2D eigenvalue weighted by Gasteiger charge is 2.18. The highest BCUT2D eigenvalue weighted by molar-refractivity contribution is 9.10. The van der Waals surface area contributed by atoms with Gasteiger partial charge in [-0.2, -0.15) is 0 Å². The maximum atomic E-state index is 5.99. The van der Waals surface area contributed by atoms with Gasteiger partial charge in [0.05, 0.1) is 0 Å². The number of nitrogens with one attached hydrogen (secondary N) is 1. The van der Waals surface area contributed by atoms with Crippen molar-refractivity contribution in [1.29, 1.82) is 0 Å². The number of hydrogen-bond donors (Lipinski definition) is 2. The average molecular weight is 331 g/mol. The molecule has 3 nitrogen and oxygen atoms in total. The van der Waals surface area contributed by atoms with Crippen LogP contribution in [0.25, 0.3) is 11.0 Å². The molecule has 0 spiro atoms. The van der Waals surface area contributed by atoms with E-state index in [0.29, 0.717) is 0 Å². The molecule has 1 aromatic heterocycles. The van der Waals surface area contributed by atoms with Gasteiger partial charge in [-0.3, -0.25) is 5.84 Å². The molecule has 3 rings (SSSR count). The Morgan fingerprint density at radius 1 is 1.15 bits per heavy atom. The van der Waals surface area contributed by atoms with Gasteiger partial charge in [0.25, 0.3) is 0 Å². The Morgan fingerprint density at radius 3 is 2.65 bits per heavy atom. The first-order valence-corrected chi connectivity index (χ1v) is 7.19. The Bertz CT molecular complexity index is 751. The molecule has 102 valence electrons. The minimum absolute atomic E-state index is 0.167. The molecule has 1 atom stereocenters. The van der Waals surface area contributed by atoms with Crippen LogP contribution in [0.4, 0.5) is 0 Å². The lowest BCUT2D eigenvalue weighted by Crippen LogP contribution is -2.28. The first-order chi connectivity index (χ1) is 9.69. The molecule has 0 fully saturated rings. The van der Waals surface area contributed by atoms with E-state index in [0.717, 1.165) is 32.3 Å². The van der Waals surface area contributed by atoms with Gasteiger partial charge in [0, 0.05) is 9.86 Å². The van der Waals surface area contributed by atoms with E-state index < -0.39 is 0 Å². The van der Waals surface area contributed by atoms with Crippen LogP contribution in [-0.4, -0.2) is 0 Å². The Morgan fingerprint density at radius 2 is 1.95 bits per heavy atom. The van der Waals surface area contributed by atoms with Crippen molar-refractivity contribution < 1.29 is 4.42 Å². The second-order valence-corrected chi connectivity index (χ2v) is 5.71. The van der Waals surface area contributed by atoms with Crippen molar-refractivity contribution in [1.82, 2.24) is 5.43 Å². The Balaban J connectivity index is 2.09. The third-order valence-corrected chi connectivity index (χ3v) is 3.89. The van der Waals surface area contributed by atoms with Crippen LogP contribution in [0.1, 0.15) is 22.9 Å². The fourth-order valence-corrected chi connectivity index (χ4v) is 2.82. The zero-order chi connectivity index (χ0) is 14.1. The van der Waals surface area contributed by atoms with Crippen LogP contribution < -0.4 is 11.3 Å². The second kappa shape index (κ2) is 5.40. The molecular formula is C16H15BrN2O. The fraction of sp³-hybridized carbons (Fsp3) is 0.125. The van der Waals surface area contributed by atoms with Crippen LogP contribution in [0.15, 0.2) is 57.4 Å². The summed E-state index contributed by atoms with van der Waals surface area (Å²) in [5, 5.41) is 1.09. The van der Waals surface area contributed by atoms with Crippen LogP contribution in [0.5, 0.6) is 0 Å². The molecule has 0 bridgehead atoms. The zero-order valence-corrected chi connectivity index (χ0v) is 12.6. The molecule has 0 radical (unpaired) electrons. The smallest absolute Gasteiger partial charge is 0.137 e. The fourth-order valence-electron chi connectivity index (χ4n) is 2.40. The van der Waals surface area contributed by atoms with Crippen molar-refractivity contribution in [2.75, 3.05) is 0 Å². The van der Waals surface area contributed by atoms with E-state index in [1.54, 1.807) is 0 Å². The van der Waals surface area contributed by atoms with Crippen molar-refractivity contribution in [3.05, 3.63) is 69.9 Å². The first kappa shape index (κ1) is 13.4. The standard InChI is InChI=1S/C16H15BrN2O/c1-10-4-2-6-12-9-14(20-16(10)12)15(19-18)11-5-3-7-13(17)8-11/h2-9,15,19H,18H2,1H3. The van der Waals surface area contributed by atoms with Gasteiger partial charge >= 0.3 is 0 Å². The van der Waals surface area contributed by atoms with Gasteiger partial charge in [-0.1, -0.05) is 46.3 Å². The molecule has 20 heavy (non-hydrogen) atoms. The van der Waals surface area contributed by atoms with E-state index in [-0.39, 0.29) is 6.04 Å². The van der Waals surface area contributed by atoms with Crippen molar-refractivity contribution in [3.63, 3.8) is 0 Å². The lowest BCUT2D eigenvalue weighted by Gasteiger charge is -2.13. The molecule has 3 N–H and O–H groups in total. The highest BCUT2D eigenvalue weighted by atomic mass is 79.9. The third kappa shape index (κ3) is 2.38. The summed E-state index contributed by atoms with van der Waals surface area (Å²) >= 11 is 3.48. The number of fused-ring (bicyclic) bond motifs is 1. The molecule has 4 heteroatoms. The summed E-state index contributed by atoms with van der Waals surface area (Å²) in [5.41, 5.74) is 5.92. The largest absolute Gasteiger partial charge is 0.459 e. The number of halogens is 1. The zero-order valence-electron chi connectivity index (χ0n) is 11.1. The Labute approximate surface area is 125 Å². The van der Waals surface area contributed by atoms with Crippen LogP contribution >= 0.6 is 15.9 Å². The minimum Gasteiger partial charge on any atom is -0.459 e. The number of aryl methyl sites for hydroxylation is 1. The monoisotopic (exact) mass is 330 g/mol. The summed E-state index contributed by atoms with van der Waals surface area (Å²) in [7, 11) is 0. The summed E-state index contributed by atoms with van der Waals surface area (Å²) in [6.07, 6.45) is 0. The molecular weight excluding hydrogens is 316 g/mol. The lowest BCUT2D eigenvalue weighted by molar-refractivity contribution is 0.476. The molecule has 0 saturated carbocycles. The molecule has 1 heterocycles. The summed E-state index contributed by atoms with van der Waals surface area (Å²) in [4.78, 5) is 0. The Hall–Kier alpha value is -1.62. The number of nitrogens with two attached hydrogens (primary N) is 1. The van der Waals surface area contributed by atoms with E-state index in [1.807, 2.05) is 55.5 Å². The highest BCUT2D eigenvalue weighted by Crippen LogP contribution is 2.30. The maximum Gasteiger partial charge on any atom is 0.137 e. The second-order valence-electron chi connectivity index (χ2n) is 4.80. The molecule has 0 amide bonds. The molecule has 1 unspecified atom stereocenters. The molecule has 0 saturated heterocycles. The minimum atomic E-state index is -0.167. The summed E-state index contributed by atoms with van der Waals surface area (Å²) in [5.74, 6) is 6.54. The number of para-hydroxylation sites is 1. The normalized spacial score (nSPS) is 12.8. The van der Waals surface area contributed by atoms with Crippen LogP contribution in [0.2, 0.25) is 0 Å². The average Bonchev–Trinajstić information content (AvgIpc) is 2.85. The number of rotatable bonds is 3. The van der Waals surface area contributed by atoms with Gasteiger partial charge in [0.1, 0.15) is 17.4 Å². The van der Waals surface area contributed by atoms with Gasteiger partial charge < -0.3 is 4.42 Å². The van der Waals surface area contributed by atoms with Crippen LogP contribution in [-0.2, 0) is 0 Å². The quantitative estimate of drug-likeness (QED) is 0.562. The summed E-state index contributed by atoms with van der Waals surface area (Å²) in [6, 6.07) is 16.0. The maximum absolute atomic E-state index is 5.99. The number of benzene rings is 2. The number of hydrogen-bond acceptors (Lipinski definition) is 3. The summed E-state index contributed by atoms with van der Waals surface area (Å²) < 4.78 is 7.00. The van der Waals surface area contributed by atoms with Gasteiger partial charge in [0.2, 0.25) is 0 Å². The first-order valence-electron chi connectivity index (χ1n) is 6.39. The van der Waals surface area contributed by atoms with E-state index in [9.17, 15) is 0 Å². The van der Waals surface area contributed by atoms with E-state index in [4.69, 9.17) is 10.3 Å². The van der Waals surface area contributed by atoms with Gasteiger partial charge in [-0.25, -0.2) is 5.43 Å². The van der Waals surface area contributed by atoms with Crippen molar-refractivity contribution >= 4 is 26.9 Å². The van der Waals surface area contributed by atoms with Gasteiger partial charge in [-0.15, -0.1) is 0 Å². The van der Waals surface area contributed by atoms with Gasteiger partial charge in [-0.05, 0) is 36.2 Å². The predicted molar refractivity (Wildman–Crippen MR) is 84.3 cm³/mol. The van der Waals surface area contributed by atoms with E-state index >= 15 is 0 Å². The Kier molecular flexibility index (Phi) is 3.61. The van der Waals surface area contributed by atoms with Crippen molar-refractivity contribution in [2.24, 2.45) is 5.84 Å².